The first kappa shape index (κ1) is 15.7. The van der Waals surface area contributed by atoms with E-state index < -0.39 is 16.1 Å². The molecule has 2 atom stereocenters. The Balaban J connectivity index is 2.97. The maximum absolute atomic E-state index is 10.7. The number of hydrogen-bond donors (Lipinski definition) is 1. The van der Waals surface area contributed by atoms with Crippen molar-refractivity contribution in [3.8, 4) is 0 Å². The molecule has 1 rings (SSSR count). The third-order valence-electron chi connectivity index (χ3n) is 3.47. The van der Waals surface area contributed by atoms with Gasteiger partial charge in [0, 0.05) is 8.07 Å². The van der Waals surface area contributed by atoms with Crippen LogP contribution in [0.25, 0.3) is 0 Å². The van der Waals surface area contributed by atoms with E-state index in [2.05, 4.69) is 51.4 Å². The summed E-state index contributed by atoms with van der Waals surface area (Å²) in [7, 11) is -2.51. The van der Waals surface area contributed by atoms with Crippen LogP contribution in [-0.2, 0) is 0 Å². The average molecular weight is 281 g/mol. The quantitative estimate of drug-likeness (QED) is 0.771. The van der Waals surface area contributed by atoms with E-state index in [0.717, 1.165) is 5.56 Å². The second kappa shape index (κ2) is 5.72. The summed E-state index contributed by atoms with van der Waals surface area (Å²) in [5.74, 6) is 0. The van der Waals surface area contributed by atoms with E-state index in [4.69, 9.17) is 0 Å². The molecule has 0 radical (unpaired) electrons. The zero-order valence-corrected chi connectivity index (χ0v) is 14.7. The lowest BCUT2D eigenvalue weighted by Gasteiger charge is -2.37. The summed E-state index contributed by atoms with van der Waals surface area (Å²) in [4.78, 5) is 0. The molecular weight excluding hydrogens is 252 g/mol. The van der Waals surface area contributed by atoms with Gasteiger partial charge in [-0.2, -0.15) is 0 Å². The second-order valence-corrected chi connectivity index (χ2v) is 18.6. The van der Waals surface area contributed by atoms with E-state index in [9.17, 15) is 5.11 Å². The predicted molar refractivity (Wildman–Crippen MR) is 86.7 cm³/mol. The van der Waals surface area contributed by atoms with Crippen molar-refractivity contribution in [3.05, 3.63) is 35.9 Å². The van der Waals surface area contributed by atoms with Gasteiger partial charge in [-0.1, -0.05) is 75.7 Å². The van der Waals surface area contributed by atoms with Crippen LogP contribution in [0, 0.1) is 0 Å². The van der Waals surface area contributed by atoms with E-state index in [1.807, 2.05) is 18.2 Å². The van der Waals surface area contributed by atoms with E-state index in [-0.39, 0.29) is 6.10 Å². The fraction of sp³-hybridized carbons (Fsp3) is 0.600. The van der Waals surface area contributed by atoms with Crippen LogP contribution in [0.5, 0.6) is 0 Å². The van der Waals surface area contributed by atoms with Crippen molar-refractivity contribution >= 4 is 16.1 Å². The van der Waals surface area contributed by atoms with Crippen molar-refractivity contribution in [1.82, 2.24) is 0 Å². The minimum atomic E-state index is -1.36. The standard InChI is InChI=1S/C15H28OSi2/c1-17(2,3)12-14(18(4,5)6)15(16)13-10-8-7-9-11-13/h7-11,14-16H,12H2,1-6H3/t14-,15+/m1/s1. The van der Waals surface area contributed by atoms with E-state index in [1.165, 1.54) is 6.04 Å². The van der Waals surface area contributed by atoms with Crippen LogP contribution < -0.4 is 0 Å². The van der Waals surface area contributed by atoms with Gasteiger partial charge in [0.15, 0.2) is 0 Å². The minimum Gasteiger partial charge on any atom is -0.388 e. The Kier molecular flexibility index (Phi) is 4.98. The normalized spacial score (nSPS) is 16.4. The fourth-order valence-electron chi connectivity index (χ4n) is 2.43. The molecule has 0 aromatic heterocycles. The molecule has 0 spiro atoms. The van der Waals surface area contributed by atoms with Gasteiger partial charge < -0.3 is 5.11 Å². The first-order valence-electron chi connectivity index (χ1n) is 6.84. The molecular formula is C15H28OSi2. The van der Waals surface area contributed by atoms with Crippen molar-refractivity contribution in [2.24, 2.45) is 0 Å². The third-order valence-corrected chi connectivity index (χ3v) is 8.28. The van der Waals surface area contributed by atoms with Gasteiger partial charge in [0.2, 0.25) is 0 Å². The summed E-state index contributed by atoms with van der Waals surface area (Å²) < 4.78 is 0. The van der Waals surface area contributed by atoms with Crippen LogP contribution in [0.3, 0.4) is 0 Å². The van der Waals surface area contributed by atoms with E-state index in [0.29, 0.717) is 5.54 Å². The molecule has 102 valence electrons. The molecule has 0 saturated carbocycles. The Bertz CT molecular complexity index is 362. The molecule has 18 heavy (non-hydrogen) atoms. The zero-order chi connectivity index (χ0) is 14.0. The summed E-state index contributed by atoms with van der Waals surface area (Å²) in [6.07, 6.45) is -0.287. The molecule has 0 amide bonds. The van der Waals surface area contributed by atoms with Crippen LogP contribution >= 0.6 is 0 Å². The Morgan fingerprint density at radius 1 is 0.944 bits per heavy atom. The van der Waals surface area contributed by atoms with Crippen LogP contribution in [0.1, 0.15) is 11.7 Å². The third kappa shape index (κ3) is 4.71. The largest absolute Gasteiger partial charge is 0.388 e. The highest BCUT2D eigenvalue weighted by Gasteiger charge is 2.36. The van der Waals surface area contributed by atoms with E-state index >= 15 is 0 Å². The van der Waals surface area contributed by atoms with Gasteiger partial charge in [-0.15, -0.1) is 0 Å². The maximum atomic E-state index is 10.7. The molecule has 1 aromatic carbocycles. The smallest absolute Gasteiger partial charge is 0.0791 e. The lowest BCUT2D eigenvalue weighted by atomic mass is 10.1. The van der Waals surface area contributed by atoms with Crippen LogP contribution in [-0.4, -0.2) is 21.3 Å². The highest BCUT2D eigenvalue weighted by atomic mass is 28.3. The van der Waals surface area contributed by atoms with Crippen LogP contribution in [0.15, 0.2) is 30.3 Å². The van der Waals surface area contributed by atoms with Crippen molar-refractivity contribution in [2.45, 2.75) is 57.0 Å². The van der Waals surface area contributed by atoms with Gasteiger partial charge in [0.05, 0.1) is 14.2 Å². The first-order valence-corrected chi connectivity index (χ1v) is 14.1. The zero-order valence-electron chi connectivity index (χ0n) is 12.7. The Morgan fingerprint density at radius 3 is 1.83 bits per heavy atom. The number of aliphatic hydroxyl groups is 1. The summed E-state index contributed by atoms with van der Waals surface area (Å²) in [6, 6.07) is 11.4. The summed E-state index contributed by atoms with van der Waals surface area (Å²) >= 11 is 0. The molecule has 0 fully saturated rings. The lowest BCUT2D eigenvalue weighted by molar-refractivity contribution is 0.170. The van der Waals surface area contributed by atoms with Crippen LogP contribution in [0.4, 0.5) is 0 Å². The Morgan fingerprint density at radius 2 is 1.44 bits per heavy atom. The van der Waals surface area contributed by atoms with Crippen molar-refractivity contribution in [1.29, 1.82) is 0 Å². The summed E-state index contributed by atoms with van der Waals surface area (Å²) in [5, 5.41) is 10.7. The molecule has 0 aliphatic rings. The monoisotopic (exact) mass is 280 g/mol. The fourth-order valence-corrected chi connectivity index (χ4v) is 9.40. The number of rotatable bonds is 5. The van der Waals surface area contributed by atoms with Crippen LogP contribution in [0.2, 0.25) is 50.9 Å². The predicted octanol–water partition coefficient (Wildman–Crippen LogP) is 4.77. The van der Waals surface area contributed by atoms with Gasteiger partial charge in [-0.25, -0.2) is 0 Å². The number of benzene rings is 1. The topological polar surface area (TPSA) is 20.2 Å². The van der Waals surface area contributed by atoms with Crippen molar-refractivity contribution < 1.29 is 5.11 Å². The number of hydrogen-bond acceptors (Lipinski definition) is 1. The maximum Gasteiger partial charge on any atom is 0.0791 e. The molecule has 1 aromatic rings. The molecule has 0 heterocycles. The lowest BCUT2D eigenvalue weighted by Crippen LogP contribution is -2.37. The molecule has 1 nitrogen and oxygen atoms in total. The number of aliphatic hydroxyl groups excluding tert-OH is 1. The molecule has 0 bridgehead atoms. The van der Waals surface area contributed by atoms with E-state index in [1.54, 1.807) is 0 Å². The summed E-state index contributed by atoms with van der Waals surface area (Å²) in [5.41, 5.74) is 1.55. The van der Waals surface area contributed by atoms with Gasteiger partial charge in [-0.05, 0) is 11.1 Å². The highest BCUT2D eigenvalue weighted by Crippen LogP contribution is 2.41. The Labute approximate surface area is 114 Å². The first-order chi connectivity index (χ1) is 8.11. The van der Waals surface area contributed by atoms with Gasteiger partial charge >= 0.3 is 0 Å². The van der Waals surface area contributed by atoms with Gasteiger partial charge in [0.25, 0.3) is 0 Å². The summed E-state index contributed by atoms with van der Waals surface area (Å²) in [6.45, 7) is 14.3. The van der Waals surface area contributed by atoms with Crippen molar-refractivity contribution in [2.75, 3.05) is 0 Å². The second-order valence-electron chi connectivity index (χ2n) is 7.59. The molecule has 0 aliphatic carbocycles. The molecule has 0 aliphatic heterocycles. The minimum absolute atomic E-state index is 0.287. The molecule has 3 heteroatoms. The average Bonchev–Trinajstić information content (AvgIpc) is 2.24. The molecule has 0 unspecified atom stereocenters. The highest BCUT2D eigenvalue weighted by molar-refractivity contribution is 6.82. The Hall–Kier alpha value is -0.386. The SMILES string of the molecule is C[Si](C)(C)C[C@H]([C@@H](O)c1ccccc1)[Si](C)(C)C. The van der Waals surface area contributed by atoms with Crippen molar-refractivity contribution in [3.63, 3.8) is 0 Å². The van der Waals surface area contributed by atoms with Gasteiger partial charge in [0.1, 0.15) is 0 Å². The molecule has 1 N–H and O–H groups in total. The van der Waals surface area contributed by atoms with Gasteiger partial charge in [-0.3, -0.25) is 0 Å². The molecule has 0 saturated heterocycles.